The molecule has 96 valence electrons. The molecule has 0 aliphatic carbocycles. The second kappa shape index (κ2) is 5.02. The maximum absolute atomic E-state index is 12.4. The monoisotopic (exact) mass is 266 g/mol. The van der Waals surface area contributed by atoms with Crippen LogP contribution in [0.15, 0.2) is 34.2 Å². The highest BCUT2D eigenvalue weighted by Crippen LogP contribution is 2.26. The van der Waals surface area contributed by atoms with Crippen molar-refractivity contribution >= 4 is 16.1 Å². The standard InChI is InChI=1S/C12H14N2O3S/c1-10-4-6-11(7-5-10)18(16,17)14-8-2-3-12(14)13-9-15/h4-7,12H,2-3,8H2,1H3. The van der Waals surface area contributed by atoms with Crippen LogP contribution in [0.3, 0.4) is 0 Å². The third-order valence-electron chi connectivity index (χ3n) is 3.00. The minimum absolute atomic E-state index is 0.237. The van der Waals surface area contributed by atoms with E-state index in [9.17, 15) is 13.2 Å². The van der Waals surface area contributed by atoms with E-state index < -0.39 is 16.2 Å². The van der Waals surface area contributed by atoms with Gasteiger partial charge in [0.25, 0.3) is 0 Å². The number of nitrogens with zero attached hydrogens (tertiary/aromatic N) is 2. The highest BCUT2D eigenvalue weighted by atomic mass is 32.2. The molecule has 1 heterocycles. The maximum atomic E-state index is 12.4. The first kappa shape index (κ1) is 13.0. The summed E-state index contributed by atoms with van der Waals surface area (Å²) < 4.78 is 26.0. The first-order chi connectivity index (χ1) is 8.55. The highest BCUT2D eigenvalue weighted by Gasteiger charge is 2.35. The van der Waals surface area contributed by atoms with Crippen LogP contribution >= 0.6 is 0 Å². The van der Waals surface area contributed by atoms with Crippen molar-refractivity contribution in [3.63, 3.8) is 0 Å². The summed E-state index contributed by atoms with van der Waals surface area (Å²) in [6.07, 6.45) is 2.12. The SMILES string of the molecule is Cc1ccc(S(=O)(=O)N2CCCC2N=C=O)cc1. The van der Waals surface area contributed by atoms with E-state index in [4.69, 9.17) is 0 Å². The van der Waals surface area contributed by atoms with Crippen molar-refractivity contribution < 1.29 is 13.2 Å². The largest absolute Gasteiger partial charge is 0.244 e. The molecular weight excluding hydrogens is 252 g/mol. The van der Waals surface area contributed by atoms with Crippen molar-refractivity contribution in [1.82, 2.24) is 4.31 Å². The van der Waals surface area contributed by atoms with E-state index in [0.717, 1.165) is 5.56 Å². The zero-order valence-electron chi connectivity index (χ0n) is 10.0. The summed E-state index contributed by atoms with van der Waals surface area (Å²) in [6.45, 7) is 2.29. The molecule has 5 nitrogen and oxygen atoms in total. The number of rotatable bonds is 3. The summed E-state index contributed by atoms with van der Waals surface area (Å²) in [5.41, 5.74) is 0.998. The lowest BCUT2D eigenvalue weighted by Gasteiger charge is -2.19. The van der Waals surface area contributed by atoms with Crippen LogP contribution in [0.4, 0.5) is 0 Å². The van der Waals surface area contributed by atoms with Crippen LogP contribution < -0.4 is 0 Å². The molecule has 0 aromatic heterocycles. The molecule has 18 heavy (non-hydrogen) atoms. The highest BCUT2D eigenvalue weighted by molar-refractivity contribution is 7.89. The van der Waals surface area contributed by atoms with Gasteiger partial charge < -0.3 is 0 Å². The Morgan fingerprint density at radius 3 is 2.61 bits per heavy atom. The molecule has 1 unspecified atom stereocenters. The van der Waals surface area contributed by atoms with E-state index in [0.29, 0.717) is 19.4 Å². The molecule has 0 spiro atoms. The molecule has 1 fully saturated rings. The van der Waals surface area contributed by atoms with Crippen molar-refractivity contribution in [1.29, 1.82) is 0 Å². The van der Waals surface area contributed by atoms with Crippen LogP contribution in [0, 0.1) is 6.92 Å². The average Bonchev–Trinajstić information content (AvgIpc) is 2.79. The van der Waals surface area contributed by atoms with Gasteiger partial charge in [-0.1, -0.05) is 17.7 Å². The van der Waals surface area contributed by atoms with Gasteiger partial charge in [0.1, 0.15) is 6.17 Å². The summed E-state index contributed by atoms with van der Waals surface area (Å²) in [6, 6.07) is 6.65. The lowest BCUT2D eigenvalue weighted by Crippen LogP contribution is -2.34. The average molecular weight is 266 g/mol. The number of isocyanates is 1. The maximum Gasteiger partial charge on any atom is 0.244 e. The van der Waals surface area contributed by atoms with E-state index in [1.165, 1.54) is 10.4 Å². The fourth-order valence-electron chi connectivity index (χ4n) is 2.04. The van der Waals surface area contributed by atoms with E-state index in [2.05, 4.69) is 4.99 Å². The van der Waals surface area contributed by atoms with Crippen LogP contribution in [0.5, 0.6) is 0 Å². The molecule has 1 saturated heterocycles. The number of aliphatic imine (C=N–C) groups is 1. The summed E-state index contributed by atoms with van der Waals surface area (Å²) >= 11 is 0. The van der Waals surface area contributed by atoms with Gasteiger partial charge in [-0.15, -0.1) is 0 Å². The van der Waals surface area contributed by atoms with Gasteiger partial charge in [-0.3, -0.25) is 0 Å². The van der Waals surface area contributed by atoms with Crippen LogP contribution in [-0.2, 0) is 14.8 Å². The van der Waals surface area contributed by atoms with Crippen molar-refractivity contribution in [3.05, 3.63) is 29.8 Å². The van der Waals surface area contributed by atoms with Crippen molar-refractivity contribution in [3.8, 4) is 0 Å². The van der Waals surface area contributed by atoms with Gasteiger partial charge in [-0.2, -0.15) is 9.30 Å². The molecule has 1 atom stereocenters. The van der Waals surface area contributed by atoms with Gasteiger partial charge in [0.15, 0.2) is 0 Å². The Bertz CT molecular complexity index is 574. The molecule has 2 rings (SSSR count). The van der Waals surface area contributed by atoms with Gasteiger partial charge in [-0.25, -0.2) is 13.2 Å². The molecule has 0 amide bonds. The predicted molar refractivity (Wildman–Crippen MR) is 66.2 cm³/mol. The fraction of sp³-hybridized carbons (Fsp3) is 0.417. The Kier molecular flexibility index (Phi) is 3.61. The second-order valence-corrected chi connectivity index (χ2v) is 6.16. The Morgan fingerprint density at radius 2 is 2.00 bits per heavy atom. The summed E-state index contributed by atoms with van der Waals surface area (Å²) in [5.74, 6) is 0. The predicted octanol–water partition coefficient (Wildman–Crippen LogP) is 1.44. The fourth-order valence-corrected chi connectivity index (χ4v) is 3.63. The number of sulfonamides is 1. The van der Waals surface area contributed by atoms with E-state index >= 15 is 0 Å². The smallest absolute Gasteiger partial charge is 0.211 e. The number of carbonyl (C=O) groups excluding carboxylic acids is 1. The van der Waals surface area contributed by atoms with Gasteiger partial charge in [0, 0.05) is 6.54 Å². The van der Waals surface area contributed by atoms with Crippen molar-refractivity contribution in [2.45, 2.75) is 30.8 Å². The van der Waals surface area contributed by atoms with Gasteiger partial charge in [-0.05, 0) is 31.9 Å². The molecule has 0 bridgehead atoms. The van der Waals surface area contributed by atoms with E-state index in [1.807, 2.05) is 6.92 Å². The third-order valence-corrected chi connectivity index (χ3v) is 4.91. The number of aryl methyl sites for hydroxylation is 1. The molecular formula is C12H14N2O3S. The first-order valence-electron chi connectivity index (χ1n) is 5.71. The Hall–Kier alpha value is -1.49. The molecule has 1 aromatic rings. The molecule has 6 heteroatoms. The Balaban J connectivity index is 2.36. The molecule has 0 saturated carbocycles. The summed E-state index contributed by atoms with van der Waals surface area (Å²) in [4.78, 5) is 14.1. The second-order valence-electron chi connectivity index (χ2n) is 4.27. The number of hydrogen-bond donors (Lipinski definition) is 0. The van der Waals surface area contributed by atoms with Crippen LogP contribution in [0.1, 0.15) is 18.4 Å². The van der Waals surface area contributed by atoms with Crippen LogP contribution in [-0.4, -0.2) is 31.5 Å². The minimum atomic E-state index is -3.57. The van der Waals surface area contributed by atoms with Crippen molar-refractivity contribution in [2.24, 2.45) is 4.99 Å². The van der Waals surface area contributed by atoms with Crippen LogP contribution in [0.25, 0.3) is 0 Å². The van der Waals surface area contributed by atoms with Crippen LogP contribution in [0.2, 0.25) is 0 Å². The quantitative estimate of drug-likeness (QED) is 0.614. The zero-order chi connectivity index (χ0) is 13.2. The normalized spacial score (nSPS) is 20.6. The number of benzene rings is 1. The van der Waals surface area contributed by atoms with Gasteiger partial charge in [0.05, 0.1) is 4.90 Å². The molecule has 0 radical (unpaired) electrons. The molecule has 0 N–H and O–H groups in total. The lowest BCUT2D eigenvalue weighted by atomic mass is 10.2. The van der Waals surface area contributed by atoms with E-state index in [-0.39, 0.29) is 4.90 Å². The molecule has 1 aliphatic rings. The molecule has 1 aliphatic heterocycles. The number of hydrogen-bond acceptors (Lipinski definition) is 4. The van der Waals surface area contributed by atoms with Crippen molar-refractivity contribution in [2.75, 3.05) is 6.54 Å². The summed E-state index contributed by atoms with van der Waals surface area (Å²) in [7, 11) is -3.57. The van der Waals surface area contributed by atoms with E-state index in [1.54, 1.807) is 24.3 Å². The topological polar surface area (TPSA) is 66.8 Å². The summed E-state index contributed by atoms with van der Waals surface area (Å²) in [5, 5.41) is 0. The lowest BCUT2D eigenvalue weighted by molar-refractivity contribution is 0.395. The van der Waals surface area contributed by atoms with Gasteiger partial charge >= 0.3 is 0 Å². The third kappa shape index (κ3) is 2.36. The zero-order valence-corrected chi connectivity index (χ0v) is 10.9. The minimum Gasteiger partial charge on any atom is -0.211 e. The Labute approximate surface area is 106 Å². The Morgan fingerprint density at radius 1 is 1.33 bits per heavy atom. The first-order valence-corrected chi connectivity index (χ1v) is 7.15. The molecule has 1 aromatic carbocycles. The van der Waals surface area contributed by atoms with Gasteiger partial charge in [0.2, 0.25) is 16.1 Å².